The number of anilines is 1. The third-order valence-electron chi connectivity index (χ3n) is 2.30. The Balaban J connectivity index is 2.93. The van der Waals surface area contributed by atoms with Crippen molar-refractivity contribution in [3.05, 3.63) is 24.0 Å². The smallest absolute Gasteiger partial charge is 0.354 e. The van der Waals surface area contributed by atoms with Crippen molar-refractivity contribution in [2.24, 2.45) is 0 Å². The molecule has 0 aliphatic heterocycles. The molecular weight excluding hydrogens is 228 g/mol. The Morgan fingerprint density at radius 1 is 1.29 bits per heavy atom. The van der Waals surface area contributed by atoms with Crippen molar-refractivity contribution < 1.29 is 25.2 Å². The molecule has 0 unspecified atom stereocenters. The summed E-state index contributed by atoms with van der Waals surface area (Å²) in [4.78, 5) is 14.3. The molecule has 17 heavy (non-hydrogen) atoms. The quantitative estimate of drug-likeness (QED) is 0.429. The number of pyridine rings is 1. The van der Waals surface area contributed by atoms with E-state index in [0.29, 0.717) is 5.69 Å². The summed E-state index contributed by atoms with van der Waals surface area (Å²) in [6.45, 7) is -1.49. The molecule has 7 nitrogen and oxygen atoms in total. The molecule has 7 heteroatoms. The standard InChI is InChI=1S/C10H14N2O5/c13-4-10(5-14,6-15)12-7-1-2-11-8(3-7)9(16)17/h1-3,13-15H,4-6H2,(H,11,12)(H,16,17). The minimum Gasteiger partial charge on any atom is -0.477 e. The lowest BCUT2D eigenvalue weighted by molar-refractivity contribution is 0.0690. The van der Waals surface area contributed by atoms with Gasteiger partial charge in [-0.15, -0.1) is 0 Å². The van der Waals surface area contributed by atoms with Crippen molar-refractivity contribution in [1.29, 1.82) is 0 Å². The van der Waals surface area contributed by atoms with Crippen LogP contribution in [0.25, 0.3) is 0 Å². The lowest BCUT2D eigenvalue weighted by Gasteiger charge is -2.29. The van der Waals surface area contributed by atoms with Crippen LogP contribution < -0.4 is 5.32 Å². The predicted molar refractivity (Wildman–Crippen MR) is 58.8 cm³/mol. The first-order valence-electron chi connectivity index (χ1n) is 4.87. The van der Waals surface area contributed by atoms with E-state index < -0.39 is 31.3 Å². The van der Waals surface area contributed by atoms with Crippen LogP contribution >= 0.6 is 0 Å². The number of aliphatic hydroxyl groups excluding tert-OH is 3. The molecule has 1 aromatic rings. The van der Waals surface area contributed by atoms with E-state index in [0.717, 1.165) is 0 Å². The van der Waals surface area contributed by atoms with Crippen LogP contribution in [-0.2, 0) is 0 Å². The monoisotopic (exact) mass is 242 g/mol. The van der Waals surface area contributed by atoms with Crippen molar-refractivity contribution in [3.8, 4) is 0 Å². The molecule has 0 saturated carbocycles. The Kier molecular flexibility index (Phi) is 4.38. The topological polar surface area (TPSA) is 123 Å². The van der Waals surface area contributed by atoms with Gasteiger partial charge in [0, 0.05) is 11.9 Å². The number of rotatable bonds is 6. The Hall–Kier alpha value is -1.70. The molecule has 0 spiro atoms. The van der Waals surface area contributed by atoms with Gasteiger partial charge in [0.05, 0.1) is 19.8 Å². The molecule has 5 N–H and O–H groups in total. The Morgan fingerprint density at radius 2 is 1.88 bits per heavy atom. The van der Waals surface area contributed by atoms with Crippen LogP contribution in [0.15, 0.2) is 18.3 Å². The Labute approximate surface area is 97.4 Å². The van der Waals surface area contributed by atoms with E-state index in [1.807, 2.05) is 0 Å². The number of hydrogen-bond donors (Lipinski definition) is 5. The Bertz CT molecular complexity index is 384. The van der Waals surface area contributed by atoms with Gasteiger partial charge < -0.3 is 25.7 Å². The number of nitrogens with one attached hydrogen (secondary N) is 1. The number of carbonyl (C=O) groups is 1. The van der Waals surface area contributed by atoms with Gasteiger partial charge >= 0.3 is 5.97 Å². The lowest BCUT2D eigenvalue weighted by Crippen LogP contribution is -2.49. The van der Waals surface area contributed by atoms with Crippen LogP contribution in [0.4, 0.5) is 5.69 Å². The van der Waals surface area contributed by atoms with Gasteiger partial charge in [0.1, 0.15) is 11.2 Å². The number of hydrogen-bond acceptors (Lipinski definition) is 6. The number of carboxylic acids is 1. The van der Waals surface area contributed by atoms with E-state index >= 15 is 0 Å². The van der Waals surface area contributed by atoms with Crippen LogP contribution in [0, 0.1) is 0 Å². The highest BCUT2D eigenvalue weighted by Crippen LogP contribution is 2.15. The highest BCUT2D eigenvalue weighted by molar-refractivity contribution is 5.86. The van der Waals surface area contributed by atoms with Gasteiger partial charge in [-0.25, -0.2) is 9.78 Å². The number of aromatic carboxylic acids is 1. The highest BCUT2D eigenvalue weighted by Gasteiger charge is 2.27. The van der Waals surface area contributed by atoms with Gasteiger partial charge in [-0.1, -0.05) is 0 Å². The summed E-state index contributed by atoms with van der Waals surface area (Å²) in [5.41, 5.74) is -1.12. The van der Waals surface area contributed by atoms with Crippen LogP contribution in [0.2, 0.25) is 0 Å². The molecule has 0 aromatic carbocycles. The van der Waals surface area contributed by atoms with E-state index in [4.69, 9.17) is 20.4 Å². The molecule has 0 amide bonds. The number of aromatic nitrogens is 1. The molecule has 94 valence electrons. The van der Waals surface area contributed by atoms with E-state index in [2.05, 4.69) is 10.3 Å². The third kappa shape index (κ3) is 3.13. The number of carboxylic acid groups (broad SMARTS) is 1. The highest BCUT2D eigenvalue weighted by atomic mass is 16.4. The van der Waals surface area contributed by atoms with E-state index in [-0.39, 0.29) is 5.69 Å². The fourth-order valence-electron chi connectivity index (χ4n) is 1.20. The predicted octanol–water partition coefficient (Wildman–Crippen LogP) is -1.09. The summed E-state index contributed by atoms with van der Waals surface area (Å²) < 4.78 is 0. The molecule has 0 aliphatic carbocycles. The molecule has 0 saturated heterocycles. The zero-order valence-corrected chi connectivity index (χ0v) is 9.00. The van der Waals surface area contributed by atoms with Crippen molar-refractivity contribution in [3.63, 3.8) is 0 Å². The van der Waals surface area contributed by atoms with Gasteiger partial charge in [-0.05, 0) is 12.1 Å². The zero-order chi connectivity index (χ0) is 12.9. The Morgan fingerprint density at radius 3 is 2.35 bits per heavy atom. The van der Waals surface area contributed by atoms with Gasteiger partial charge in [0.25, 0.3) is 0 Å². The largest absolute Gasteiger partial charge is 0.477 e. The van der Waals surface area contributed by atoms with E-state index in [9.17, 15) is 4.79 Å². The van der Waals surface area contributed by atoms with Crippen LogP contribution in [-0.4, -0.2) is 56.7 Å². The van der Waals surface area contributed by atoms with Crippen molar-refractivity contribution >= 4 is 11.7 Å². The van der Waals surface area contributed by atoms with Crippen LogP contribution in [0.3, 0.4) is 0 Å². The average molecular weight is 242 g/mol. The molecule has 0 aliphatic rings. The van der Waals surface area contributed by atoms with E-state index in [1.54, 1.807) is 0 Å². The van der Waals surface area contributed by atoms with Crippen molar-refractivity contribution in [1.82, 2.24) is 4.98 Å². The lowest BCUT2D eigenvalue weighted by atomic mass is 10.0. The van der Waals surface area contributed by atoms with Gasteiger partial charge in [0.2, 0.25) is 0 Å². The molecule has 1 heterocycles. The number of nitrogens with zero attached hydrogens (tertiary/aromatic N) is 1. The molecule has 0 radical (unpaired) electrons. The first-order valence-corrected chi connectivity index (χ1v) is 4.87. The normalized spacial score (nSPS) is 11.2. The maximum atomic E-state index is 10.7. The fourth-order valence-corrected chi connectivity index (χ4v) is 1.20. The van der Waals surface area contributed by atoms with Gasteiger partial charge in [0.15, 0.2) is 0 Å². The second kappa shape index (κ2) is 5.58. The molecule has 0 atom stereocenters. The third-order valence-corrected chi connectivity index (χ3v) is 2.30. The second-order valence-corrected chi connectivity index (χ2v) is 3.61. The van der Waals surface area contributed by atoms with Crippen molar-refractivity contribution in [2.75, 3.05) is 25.1 Å². The van der Waals surface area contributed by atoms with Crippen LogP contribution in [0.1, 0.15) is 10.5 Å². The van der Waals surface area contributed by atoms with Gasteiger partial charge in [-0.2, -0.15) is 0 Å². The summed E-state index contributed by atoms with van der Waals surface area (Å²) in [5, 5.41) is 38.7. The summed E-state index contributed by atoms with van der Waals surface area (Å²) >= 11 is 0. The average Bonchev–Trinajstić information content (AvgIpc) is 2.36. The first-order chi connectivity index (χ1) is 8.06. The van der Waals surface area contributed by atoms with E-state index in [1.165, 1.54) is 18.3 Å². The number of aliphatic hydroxyl groups is 3. The molecule has 1 aromatic heterocycles. The minimum absolute atomic E-state index is 0.169. The maximum absolute atomic E-state index is 10.7. The fraction of sp³-hybridized carbons (Fsp3) is 0.400. The molecule has 0 fully saturated rings. The summed E-state index contributed by atoms with van der Waals surface area (Å²) in [7, 11) is 0. The SMILES string of the molecule is O=C(O)c1cc(NC(CO)(CO)CO)ccn1. The van der Waals surface area contributed by atoms with Crippen LogP contribution in [0.5, 0.6) is 0 Å². The first kappa shape index (κ1) is 13.4. The molecule has 1 rings (SSSR count). The summed E-state index contributed by atoms with van der Waals surface area (Å²) in [6, 6.07) is 2.72. The molecular formula is C10H14N2O5. The summed E-state index contributed by atoms with van der Waals surface area (Å²) in [5.74, 6) is -1.18. The molecule has 0 bridgehead atoms. The summed E-state index contributed by atoms with van der Waals surface area (Å²) in [6.07, 6.45) is 1.28. The second-order valence-electron chi connectivity index (χ2n) is 3.61. The zero-order valence-electron chi connectivity index (χ0n) is 9.00. The van der Waals surface area contributed by atoms with Gasteiger partial charge in [-0.3, -0.25) is 0 Å². The van der Waals surface area contributed by atoms with Crippen molar-refractivity contribution in [2.45, 2.75) is 5.54 Å². The maximum Gasteiger partial charge on any atom is 0.354 e. The minimum atomic E-state index is -1.29.